The Kier molecular flexibility index (Phi) is 5.49. The predicted octanol–water partition coefficient (Wildman–Crippen LogP) is 6.51. The van der Waals surface area contributed by atoms with E-state index in [4.69, 9.17) is 13.3 Å². The predicted molar refractivity (Wildman–Crippen MR) is 127 cm³/mol. The zero-order valence-electron chi connectivity index (χ0n) is 18.1. The molecule has 0 amide bonds. The summed E-state index contributed by atoms with van der Waals surface area (Å²) in [7, 11) is 0. The summed E-state index contributed by atoms with van der Waals surface area (Å²) in [5.41, 5.74) is 4.31. The minimum absolute atomic E-state index is 0.380. The average molecular weight is 461 g/mol. The van der Waals surface area contributed by atoms with Crippen molar-refractivity contribution in [1.29, 1.82) is 0 Å². The van der Waals surface area contributed by atoms with E-state index in [0.717, 1.165) is 43.5 Å². The van der Waals surface area contributed by atoms with Crippen LogP contribution in [0.2, 0.25) is 0 Å². The summed E-state index contributed by atoms with van der Waals surface area (Å²) < 4.78 is 16.4. The first kappa shape index (κ1) is 20.7. The van der Waals surface area contributed by atoms with E-state index < -0.39 is 0 Å². The first-order valence-electron chi connectivity index (χ1n) is 10.1. The summed E-state index contributed by atoms with van der Waals surface area (Å²) in [6.07, 6.45) is 3.45. The minimum atomic E-state index is 0.380. The molecule has 2 aromatic carbocycles. The maximum Gasteiger partial charge on any atom is 0.303 e. The molecule has 0 unspecified atom stereocenters. The number of rotatable bonds is 4. The summed E-state index contributed by atoms with van der Waals surface area (Å²) in [6.45, 7) is 5.84. The third-order valence-corrected chi connectivity index (χ3v) is 5.34. The van der Waals surface area contributed by atoms with Gasteiger partial charge < -0.3 is 13.3 Å². The van der Waals surface area contributed by atoms with Crippen LogP contribution in [0.15, 0.2) is 68.1 Å². The van der Waals surface area contributed by atoms with Gasteiger partial charge in [-0.1, -0.05) is 18.2 Å². The number of aryl methyl sites for hydroxylation is 3. The van der Waals surface area contributed by atoms with Gasteiger partial charge in [0.15, 0.2) is 16.3 Å². The molecular formula is C23H20N6O3S. The summed E-state index contributed by atoms with van der Waals surface area (Å²) >= 11 is 1.57. The smallest absolute Gasteiger partial charge is 0.303 e. The van der Waals surface area contributed by atoms with Gasteiger partial charge in [0.1, 0.15) is 16.8 Å². The van der Waals surface area contributed by atoms with Crippen molar-refractivity contribution in [3.63, 3.8) is 0 Å². The molecule has 0 saturated heterocycles. The number of aromatic nitrogens is 4. The van der Waals surface area contributed by atoms with E-state index in [0.29, 0.717) is 18.0 Å². The van der Waals surface area contributed by atoms with Crippen LogP contribution in [0.4, 0.5) is 23.2 Å². The number of oxazole rings is 3. The summed E-state index contributed by atoms with van der Waals surface area (Å²) in [6, 6.07) is 14.7. The Morgan fingerprint density at radius 3 is 2.21 bits per heavy atom. The maximum absolute atomic E-state index is 5.54. The van der Waals surface area contributed by atoms with Gasteiger partial charge in [-0.05, 0) is 50.6 Å². The molecule has 0 fully saturated rings. The number of hydrogen-bond donors (Lipinski definition) is 2. The lowest BCUT2D eigenvalue weighted by Gasteiger charge is -1.92. The highest BCUT2D eigenvalue weighted by atomic mass is 32.1. The first-order chi connectivity index (χ1) is 16.0. The van der Waals surface area contributed by atoms with Crippen molar-refractivity contribution in [2.75, 3.05) is 10.6 Å². The van der Waals surface area contributed by atoms with Gasteiger partial charge in [-0.3, -0.25) is 10.6 Å². The van der Waals surface area contributed by atoms with Crippen molar-refractivity contribution in [3.05, 3.63) is 71.1 Å². The molecule has 4 heterocycles. The van der Waals surface area contributed by atoms with E-state index in [1.165, 1.54) is 0 Å². The van der Waals surface area contributed by atoms with Crippen molar-refractivity contribution in [2.24, 2.45) is 0 Å². The summed E-state index contributed by atoms with van der Waals surface area (Å²) in [5, 5.41) is 6.72. The normalized spacial score (nSPS) is 10.9. The molecule has 0 saturated carbocycles. The SMILES string of the molecule is Cc1ccc2nc(Nc3ncc(C)o3)oc2c1.Cc1cnc(Nc2nc3ccccc3o2)s1. The molecule has 166 valence electrons. The lowest BCUT2D eigenvalue weighted by Crippen LogP contribution is -1.89. The van der Waals surface area contributed by atoms with Gasteiger partial charge in [-0.15, -0.1) is 11.3 Å². The molecule has 0 aliphatic carbocycles. The standard InChI is InChI=1S/C12H11N3O2.C11H9N3OS/c1-7-3-4-9-10(5-7)17-12(14-9)15-11-13-6-8(2)16-11;1-7-6-12-11(16-7)14-10-13-8-4-2-3-5-9(8)15-10/h3-6H,1-2H3,(H,13,14,15);2-6H,1H3,(H,12,13,14). The minimum Gasteiger partial charge on any atom is -0.429 e. The summed E-state index contributed by atoms with van der Waals surface area (Å²) in [5.74, 6) is 0.736. The molecule has 2 N–H and O–H groups in total. The number of benzene rings is 2. The second kappa shape index (κ2) is 8.75. The third-order valence-electron chi connectivity index (χ3n) is 4.51. The fourth-order valence-corrected chi connectivity index (χ4v) is 3.67. The van der Waals surface area contributed by atoms with Gasteiger partial charge in [0, 0.05) is 11.1 Å². The molecule has 0 bridgehead atoms. The van der Waals surface area contributed by atoms with Gasteiger partial charge in [0.05, 0.1) is 6.20 Å². The molecule has 0 aliphatic rings. The van der Waals surface area contributed by atoms with Gasteiger partial charge in [-0.2, -0.15) is 9.97 Å². The van der Waals surface area contributed by atoms with E-state index in [9.17, 15) is 0 Å². The van der Waals surface area contributed by atoms with Crippen LogP contribution < -0.4 is 10.6 Å². The van der Waals surface area contributed by atoms with Gasteiger partial charge in [-0.25, -0.2) is 9.97 Å². The van der Waals surface area contributed by atoms with Crippen LogP contribution in [0.3, 0.4) is 0 Å². The van der Waals surface area contributed by atoms with Gasteiger partial charge in [0.2, 0.25) is 0 Å². The molecule has 9 nitrogen and oxygen atoms in total. The number of nitrogens with zero attached hydrogens (tertiary/aromatic N) is 4. The van der Waals surface area contributed by atoms with E-state index >= 15 is 0 Å². The molecule has 33 heavy (non-hydrogen) atoms. The topological polar surface area (TPSA) is 115 Å². The molecule has 6 rings (SSSR count). The molecule has 0 radical (unpaired) electrons. The van der Waals surface area contributed by atoms with Gasteiger partial charge >= 0.3 is 18.0 Å². The second-order valence-corrected chi connectivity index (χ2v) is 8.51. The van der Waals surface area contributed by atoms with Crippen molar-refractivity contribution in [3.8, 4) is 0 Å². The zero-order valence-corrected chi connectivity index (χ0v) is 18.9. The quantitative estimate of drug-likeness (QED) is 0.303. The third kappa shape index (κ3) is 4.85. The van der Waals surface area contributed by atoms with Crippen LogP contribution in [0, 0.1) is 20.8 Å². The van der Waals surface area contributed by atoms with E-state index in [-0.39, 0.29) is 0 Å². The largest absolute Gasteiger partial charge is 0.429 e. The highest BCUT2D eigenvalue weighted by Gasteiger charge is 2.09. The lowest BCUT2D eigenvalue weighted by molar-refractivity contribution is 0.537. The first-order valence-corrected chi connectivity index (χ1v) is 11.0. The number of anilines is 4. The maximum atomic E-state index is 5.54. The average Bonchev–Trinajstić information content (AvgIpc) is 3.56. The molecule has 4 aromatic heterocycles. The molecule has 0 aliphatic heterocycles. The number of nitrogens with one attached hydrogen (secondary N) is 2. The fraction of sp³-hybridized carbons (Fsp3) is 0.130. The molecular weight excluding hydrogens is 440 g/mol. The number of fused-ring (bicyclic) bond motifs is 2. The summed E-state index contributed by atoms with van der Waals surface area (Å²) in [4.78, 5) is 17.9. The van der Waals surface area contributed by atoms with Crippen molar-refractivity contribution < 1.29 is 13.3 Å². The monoisotopic (exact) mass is 460 g/mol. The fourth-order valence-electron chi connectivity index (χ4n) is 3.02. The molecule has 0 spiro atoms. The van der Waals surface area contributed by atoms with Gasteiger partial charge in [0.25, 0.3) is 0 Å². The Balaban J connectivity index is 0.000000139. The molecule has 6 aromatic rings. The van der Waals surface area contributed by atoms with Crippen LogP contribution in [0.5, 0.6) is 0 Å². The van der Waals surface area contributed by atoms with E-state index in [1.807, 2.05) is 69.4 Å². The van der Waals surface area contributed by atoms with E-state index in [1.54, 1.807) is 17.5 Å². The van der Waals surface area contributed by atoms with Crippen LogP contribution >= 0.6 is 11.3 Å². The Bertz CT molecular complexity index is 1500. The van der Waals surface area contributed by atoms with Crippen LogP contribution in [-0.4, -0.2) is 19.9 Å². The number of hydrogen-bond acceptors (Lipinski definition) is 10. The number of para-hydroxylation sites is 2. The second-order valence-electron chi connectivity index (χ2n) is 7.28. The Hall–Kier alpha value is -4.18. The Morgan fingerprint density at radius 1 is 0.727 bits per heavy atom. The van der Waals surface area contributed by atoms with Crippen LogP contribution in [-0.2, 0) is 0 Å². The van der Waals surface area contributed by atoms with Crippen molar-refractivity contribution in [2.45, 2.75) is 20.8 Å². The molecule has 10 heteroatoms. The molecule has 0 atom stereocenters. The Labute approximate surface area is 192 Å². The Morgan fingerprint density at radius 2 is 1.48 bits per heavy atom. The van der Waals surface area contributed by atoms with Crippen LogP contribution in [0.25, 0.3) is 22.2 Å². The lowest BCUT2D eigenvalue weighted by atomic mass is 10.2. The zero-order chi connectivity index (χ0) is 22.8. The van der Waals surface area contributed by atoms with Crippen LogP contribution in [0.1, 0.15) is 16.2 Å². The number of thiazole rings is 1. The van der Waals surface area contributed by atoms with Crippen molar-refractivity contribution >= 4 is 56.7 Å². The van der Waals surface area contributed by atoms with Crippen molar-refractivity contribution in [1.82, 2.24) is 19.9 Å². The van der Waals surface area contributed by atoms with E-state index in [2.05, 4.69) is 30.6 Å². The highest BCUT2D eigenvalue weighted by molar-refractivity contribution is 7.15. The highest BCUT2D eigenvalue weighted by Crippen LogP contribution is 2.25.